The van der Waals surface area contributed by atoms with Crippen LogP contribution in [0.15, 0.2) is 28.7 Å². The second kappa shape index (κ2) is 6.49. The van der Waals surface area contributed by atoms with Gasteiger partial charge in [0.1, 0.15) is 5.00 Å². The quantitative estimate of drug-likeness (QED) is 0.731. The number of hydrogen-bond donors (Lipinski definition) is 2. The number of thiophene rings is 1. The number of furan rings is 1. The van der Waals surface area contributed by atoms with E-state index in [0.717, 1.165) is 41.5 Å². The third-order valence-corrected chi connectivity index (χ3v) is 5.80. The molecule has 6 nitrogen and oxygen atoms in total. The fourth-order valence-electron chi connectivity index (χ4n) is 3.39. The zero-order valence-corrected chi connectivity index (χ0v) is 15.1. The molecule has 0 atom stereocenters. The summed E-state index contributed by atoms with van der Waals surface area (Å²) in [6, 6.07) is 7.10. The number of hydrogen-bond acceptors (Lipinski definition) is 5. The maximum atomic E-state index is 12.7. The second-order valence-corrected chi connectivity index (χ2v) is 7.33. The van der Waals surface area contributed by atoms with E-state index in [1.165, 1.54) is 11.3 Å². The Balaban J connectivity index is 1.69. The first-order valence-corrected chi connectivity index (χ1v) is 9.22. The van der Waals surface area contributed by atoms with Crippen molar-refractivity contribution >= 4 is 39.1 Å². The average molecular weight is 370 g/mol. The smallest absolute Gasteiger partial charge is 0.292 e. The highest BCUT2D eigenvalue weighted by Crippen LogP contribution is 2.38. The molecular formula is C19H18N2O4S. The van der Waals surface area contributed by atoms with Gasteiger partial charge in [-0.3, -0.25) is 9.59 Å². The highest BCUT2D eigenvalue weighted by atomic mass is 32.1. The van der Waals surface area contributed by atoms with E-state index in [9.17, 15) is 9.59 Å². The minimum atomic E-state index is -0.508. The van der Waals surface area contributed by atoms with E-state index in [1.807, 2.05) is 12.1 Å². The summed E-state index contributed by atoms with van der Waals surface area (Å²) in [5.41, 5.74) is 7.51. The maximum Gasteiger partial charge on any atom is 0.292 e. The summed E-state index contributed by atoms with van der Waals surface area (Å²) in [7, 11) is 1.55. The first-order chi connectivity index (χ1) is 12.6. The van der Waals surface area contributed by atoms with Crippen LogP contribution in [0.25, 0.3) is 11.0 Å². The molecule has 1 aliphatic carbocycles. The number of primary amides is 1. The van der Waals surface area contributed by atoms with E-state index in [4.69, 9.17) is 14.9 Å². The number of nitrogens with one attached hydrogen (secondary N) is 1. The van der Waals surface area contributed by atoms with Crippen LogP contribution in [0, 0.1) is 0 Å². The molecule has 0 saturated carbocycles. The van der Waals surface area contributed by atoms with Gasteiger partial charge in [-0.05, 0) is 43.4 Å². The van der Waals surface area contributed by atoms with Crippen LogP contribution in [0.5, 0.6) is 5.75 Å². The van der Waals surface area contributed by atoms with Crippen LogP contribution in [-0.2, 0) is 12.8 Å². The molecule has 134 valence electrons. The van der Waals surface area contributed by atoms with Gasteiger partial charge in [0.15, 0.2) is 17.1 Å². The molecule has 7 heteroatoms. The van der Waals surface area contributed by atoms with Crippen molar-refractivity contribution in [1.82, 2.24) is 0 Å². The van der Waals surface area contributed by atoms with Gasteiger partial charge < -0.3 is 20.2 Å². The molecule has 0 spiro atoms. The maximum absolute atomic E-state index is 12.7. The summed E-state index contributed by atoms with van der Waals surface area (Å²) in [6.07, 6.45) is 3.85. The minimum absolute atomic E-state index is 0.159. The van der Waals surface area contributed by atoms with Crippen molar-refractivity contribution in [3.8, 4) is 5.75 Å². The van der Waals surface area contributed by atoms with Gasteiger partial charge in [-0.25, -0.2) is 0 Å². The Hall–Kier alpha value is -2.80. The number of aryl methyl sites for hydroxylation is 1. The lowest BCUT2D eigenvalue weighted by atomic mass is 9.95. The van der Waals surface area contributed by atoms with Crippen molar-refractivity contribution in [1.29, 1.82) is 0 Å². The molecule has 3 aromatic rings. The number of amides is 2. The zero-order chi connectivity index (χ0) is 18.3. The minimum Gasteiger partial charge on any atom is -0.493 e. The highest BCUT2D eigenvalue weighted by molar-refractivity contribution is 7.17. The third kappa shape index (κ3) is 2.74. The number of benzene rings is 1. The van der Waals surface area contributed by atoms with Crippen LogP contribution in [0.2, 0.25) is 0 Å². The van der Waals surface area contributed by atoms with Gasteiger partial charge in [0.2, 0.25) is 0 Å². The molecule has 2 amide bonds. The second-order valence-electron chi connectivity index (χ2n) is 6.22. The number of methoxy groups -OCH3 is 1. The van der Waals surface area contributed by atoms with Gasteiger partial charge in [-0.15, -0.1) is 11.3 Å². The molecule has 2 heterocycles. The number of rotatable bonds is 4. The van der Waals surface area contributed by atoms with Crippen LogP contribution in [0.4, 0.5) is 5.00 Å². The Kier molecular flexibility index (Phi) is 4.16. The Morgan fingerprint density at radius 3 is 2.85 bits per heavy atom. The van der Waals surface area contributed by atoms with Crippen LogP contribution in [-0.4, -0.2) is 18.9 Å². The topological polar surface area (TPSA) is 94.6 Å². The molecule has 26 heavy (non-hydrogen) atoms. The van der Waals surface area contributed by atoms with Crippen molar-refractivity contribution < 1.29 is 18.7 Å². The monoisotopic (exact) mass is 370 g/mol. The normalized spacial score (nSPS) is 13.4. The fraction of sp³-hybridized carbons (Fsp3) is 0.263. The zero-order valence-electron chi connectivity index (χ0n) is 14.3. The third-order valence-electron chi connectivity index (χ3n) is 4.60. The molecule has 0 saturated heterocycles. The molecule has 1 aromatic carbocycles. The van der Waals surface area contributed by atoms with E-state index in [0.29, 0.717) is 21.9 Å². The molecule has 0 radical (unpaired) electrons. The summed E-state index contributed by atoms with van der Waals surface area (Å²) in [5.74, 6) is -0.201. The average Bonchev–Trinajstić information content (AvgIpc) is 3.22. The molecule has 0 unspecified atom stereocenters. The van der Waals surface area contributed by atoms with Gasteiger partial charge in [-0.2, -0.15) is 0 Å². The van der Waals surface area contributed by atoms with Crippen molar-refractivity contribution in [2.75, 3.05) is 12.4 Å². The summed E-state index contributed by atoms with van der Waals surface area (Å²) < 4.78 is 10.9. The van der Waals surface area contributed by atoms with Crippen LogP contribution in [0.1, 0.15) is 44.2 Å². The van der Waals surface area contributed by atoms with Gasteiger partial charge in [-0.1, -0.05) is 12.1 Å². The number of ether oxygens (including phenoxy) is 1. The largest absolute Gasteiger partial charge is 0.493 e. The number of para-hydroxylation sites is 1. The lowest BCUT2D eigenvalue weighted by molar-refractivity contribution is 0.0999. The Morgan fingerprint density at radius 1 is 1.27 bits per heavy atom. The van der Waals surface area contributed by atoms with Gasteiger partial charge in [0.25, 0.3) is 11.8 Å². The number of anilines is 1. The van der Waals surface area contributed by atoms with Crippen molar-refractivity contribution in [3.05, 3.63) is 46.0 Å². The van der Waals surface area contributed by atoms with Crippen molar-refractivity contribution in [2.24, 2.45) is 5.73 Å². The molecule has 2 aromatic heterocycles. The first kappa shape index (κ1) is 16.7. The van der Waals surface area contributed by atoms with Crippen LogP contribution in [0.3, 0.4) is 0 Å². The summed E-state index contributed by atoms with van der Waals surface area (Å²) in [6.45, 7) is 0. The lowest BCUT2D eigenvalue weighted by Gasteiger charge is -2.11. The molecule has 4 rings (SSSR count). The number of nitrogens with two attached hydrogens (primary N) is 1. The summed E-state index contributed by atoms with van der Waals surface area (Å²) >= 11 is 1.43. The Labute approximate surface area is 153 Å². The molecule has 0 fully saturated rings. The summed E-state index contributed by atoms with van der Waals surface area (Å²) in [4.78, 5) is 25.7. The van der Waals surface area contributed by atoms with E-state index in [2.05, 4.69) is 5.32 Å². The lowest BCUT2D eigenvalue weighted by Crippen LogP contribution is -2.18. The molecular weight excluding hydrogens is 352 g/mol. The number of carbonyl (C=O) groups excluding carboxylic acids is 2. The standard InChI is InChI=1S/C19H18N2O4S/c1-24-12-7-4-5-10-9-13(25-16(10)12)18(23)21-19-15(17(20)22)11-6-2-3-8-14(11)26-19/h4-5,7,9H,2-3,6,8H2,1H3,(H2,20,22)(H,21,23). The van der Waals surface area contributed by atoms with E-state index in [-0.39, 0.29) is 5.76 Å². The number of fused-ring (bicyclic) bond motifs is 2. The van der Waals surface area contributed by atoms with Gasteiger partial charge in [0, 0.05) is 10.3 Å². The first-order valence-electron chi connectivity index (χ1n) is 8.40. The van der Waals surface area contributed by atoms with Gasteiger partial charge >= 0.3 is 0 Å². The highest BCUT2D eigenvalue weighted by Gasteiger charge is 2.26. The Morgan fingerprint density at radius 2 is 2.08 bits per heavy atom. The molecule has 0 bridgehead atoms. The van der Waals surface area contributed by atoms with Crippen LogP contribution < -0.4 is 15.8 Å². The van der Waals surface area contributed by atoms with Crippen LogP contribution >= 0.6 is 11.3 Å². The molecule has 3 N–H and O–H groups in total. The van der Waals surface area contributed by atoms with E-state index in [1.54, 1.807) is 19.2 Å². The predicted molar refractivity (Wildman–Crippen MR) is 100 cm³/mol. The van der Waals surface area contributed by atoms with Gasteiger partial charge in [0.05, 0.1) is 12.7 Å². The Bertz CT molecular complexity index is 1020. The van der Waals surface area contributed by atoms with Crippen molar-refractivity contribution in [3.63, 3.8) is 0 Å². The molecule has 1 aliphatic rings. The predicted octanol–water partition coefficient (Wildman–Crippen LogP) is 3.73. The van der Waals surface area contributed by atoms with E-state index < -0.39 is 11.8 Å². The molecule has 0 aliphatic heterocycles. The SMILES string of the molecule is COc1cccc2cc(C(=O)Nc3sc4c(c3C(N)=O)CCCC4)oc12. The van der Waals surface area contributed by atoms with E-state index >= 15 is 0 Å². The van der Waals surface area contributed by atoms with Crippen molar-refractivity contribution in [2.45, 2.75) is 25.7 Å². The number of carbonyl (C=O) groups is 2. The fourth-order valence-corrected chi connectivity index (χ4v) is 4.68. The summed E-state index contributed by atoms with van der Waals surface area (Å²) in [5, 5.41) is 4.08.